The van der Waals surface area contributed by atoms with Gasteiger partial charge in [-0.3, -0.25) is 0 Å². The molecule has 0 aliphatic carbocycles. The van der Waals surface area contributed by atoms with Gasteiger partial charge in [-0.05, 0) is 24.5 Å². The molecule has 2 heteroatoms. The van der Waals surface area contributed by atoms with Gasteiger partial charge in [0.1, 0.15) is 0 Å². The summed E-state index contributed by atoms with van der Waals surface area (Å²) in [5, 5.41) is 0. The first-order chi connectivity index (χ1) is 7.79. The van der Waals surface area contributed by atoms with Crippen LogP contribution in [0.2, 0.25) is 0 Å². The Morgan fingerprint density at radius 1 is 0.706 bits per heavy atom. The molecule has 0 spiro atoms. The van der Waals surface area contributed by atoms with E-state index in [1.165, 1.54) is 11.1 Å². The van der Waals surface area contributed by atoms with Crippen LogP contribution in [0.1, 0.15) is 16.8 Å². The Labute approximate surface area is 116 Å². The Morgan fingerprint density at radius 2 is 1.06 bits per heavy atom. The molecule has 0 amide bonds. The smallest absolute Gasteiger partial charge is 0.0286 e. The Bertz CT molecular complexity index is 386. The molecular weight excluding hydrogens is 291 g/mol. The highest BCUT2D eigenvalue weighted by molar-refractivity contribution is 8.93. The Hall–Kier alpha value is -0.650. The van der Waals surface area contributed by atoms with Crippen LogP contribution in [0, 0.1) is 0 Å². The zero-order chi connectivity index (χ0) is 11.4. The Balaban J connectivity index is 0.00000144. The summed E-state index contributed by atoms with van der Waals surface area (Å²) in [6.07, 6.45) is 0. The summed E-state index contributed by atoms with van der Waals surface area (Å²) in [6.45, 7) is 4.69. The van der Waals surface area contributed by atoms with Crippen LogP contribution in [0.4, 0.5) is 0 Å². The van der Waals surface area contributed by atoms with Gasteiger partial charge in [0.2, 0.25) is 0 Å². The molecule has 0 bridgehead atoms. The molecule has 0 unspecified atom stereocenters. The van der Waals surface area contributed by atoms with E-state index in [2.05, 4.69) is 74.0 Å². The largest absolute Gasteiger partial charge is 0.114 e. The summed E-state index contributed by atoms with van der Waals surface area (Å²) in [4.78, 5) is 0. The van der Waals surface area contributed by atoms with Gasteiger partial charge in [-0.25, -0.2) is 0 Å². The standard InChI is InChI=1S/C15H17P.BrH/c1-16(2)15(13-9-5-3-6-10-13)14-11-7-4-8-12-14;/h3-12,15H,1-2H3;1H. The molecule has 90 valence electrons. The van der Waals surface area contributed by atoms with Crippen LogP contribution in [-0.4, -0.2) is 13.3 Å². The van der Waals surface area contributed by atoms with Gasteiger partial charge in [0, 0.05) is 5.66 Å². The van der Waals surface area contributed by atoms with E-state index in [0.717, 1.165) is 0 Å². The van der Waals surface area contributed by atoms with E-state index in [1.54, 1.807) is 0 Å². The normalized spacial score (nSPS) is 10.4. The molecule has 0 heterocycles. The van der Waals surface area contributed by atoms with E-state index >= 15 is 0 Å². The highest BCUT2D eigenvalue weighted by Crippen LogP contribution is 2.48. The molecule has 0 fully saturated rings. The van der Waals surface area contributed by atoms with Crippen LogP contribution in [0.5, 0.6) is 0 Å². The minimum absolute atomic E-state index is 0. The van der Waals surface area contributed by atoms with Crippen molar-refractivity contribution >= 4 is 24.9 Å². The molecule has 0 radical (unpaired) electrons. The van der Waals surface area contributed by atoms with Gasteiger partial charge in [0.05, 0.1) is 0 Å². The van der Waals surface area contributed by atoms with Gasteiger partial charge < -0.3 is 0 Å². The number of rotatable bonds is 3. The summed E-state index contributed by atoms with van der Waals surface area (Å²) < 4.78 is 0. The first-order valence-electron chi connectivity index (χ1n) is 5.55. The van der Waals surface area contributed by atoms with Crippen molar-refractivity contribution in [3.05, 3.63) is 71.8 Å². The second-order valence-corrected chi connectivity index (χ2v) is 6.63. The second-order valence-electron chi connectivity index (χ2n) is 4.19. The minimum atomic E-state index is -0.0165. The van der Waals surface area contributed by atoms with Gasteiger partial charge in [-0.15, -0.1) is 24.9 Å². The molecule has 0 saturated heterocycles. The monoisotopic (exact) mass is 308 g/mol. The third kappa shape index (κ3) is 3.66. The molecule has 0 aliphatic heterocycles. The molecule has 0 saturated carbocycles. The van der Waals surface area contributed by atoms with Crippen LogP contribution in [0.25, 0.3) is 0 Å². The quantitative estimate of drug-likeness (QED) is 0.692. The first kappa shape index (κ1) is 14.4. The van der Waals surface area contributed by atoms with Crippen molar-refractivity contribution in [1.82, 2.24) is 0 Å². The highest BCUT2D eigenvalue weighted by Gasteiger charge is 2.16. The van der Waals surface area contributed by atoms with E-state index in [9.17, 15) is 0 Å². The number of hydrogen-bond donors (Lipinski definition) is 0. The molecule has 2 rings (SSSR count). The van der Waals surface area contributed by atoms with Crippen molar-refractivity contribution < 1.29 is 0 Å². The van der Waals surface area contributed by atoms with Crippen molar-refractivity contribution in [3.63, 3.8) is 0 Å². The summed E-state index contributed by atoms with van der Waals surface area (Å²) >= 11 is 0. The van der Waals surface area contributed by atoms with Gasteiger partial charge in [-0.2, -0.15) is 0 Å². The predicted octanol–water partition coefficient (Wildman–Crippen LogP) is 5.10. The first-order valence-corrected chi connectivity index (χ1v) is 7.86. The molecule has 17 heavy (non-hydrogen) atoms. The maximum atomic E-state index is 2.35. The maximum absolute atomic E-state index is 2.35. The summed E-state index contributed by atoms with van der Waals surface area (Å²) in [6, 6.07) is 21.6. The summed E-state index contributed by atoms with van der Waals surface area (Å²) in [5.74, 6) is 0. The fourth-order valence-electron chi connectivity index (χ4n) is 2.06. The van der Waals surface area contributed by atoms with E-state index in [1.807, 2.05) is 0 Å². The summed E-state index contributed by atoms with van der Waals surface area (Å²) in [5.41, 5.74) is 3.44. The van der Waals surface area contributed by atoms with E-state index in [4.69, 9.17) is 0 Å². The molecular formula is C15H18BrP. The fourth-order valence-corrected chi connectivity index (χ4v) is 3.60. The molecule has 0 aromatic heterocycles. The number of hydrogen-bond acceptors (Lipinski definition) is 0. The lowest BCUT2D eigenvalue weighted by Gasteiger charge is -2.22. The van der Waals surface area contributed by atoms with E-state index in [-0.39, 0.29) is 24.9 Å². The van der Waals surface area contributed by atoms with Crippen LogP contribution in [0.3, 0.4) is 0 Å². The van der Waals surface area contributed by atoms with E-state index in [0.29, 0.717) is 5.66 Å². The van der Waals surface area contributed by atoms with Crippen molar-refractivity contribution in [2.45, 2.75) is 5.66 Å². The molecule has 0 nitrogen and oxygen atoms in total. The Kier molecular flexibility index (Phi) is 5.88. The number of benzene rings is 2. The maximum Gasteiger partial charge on any atom is 0.0286 e. The van der Waals surface area contributed by atoms with Crippen molar-refractivity contribution in [1.29, 1.82) is 0 Å². The van der Waals surface area contributed by atoms with Crippen molar-refractivity contribution in [2.24, 2.45) is 0 Å². The van der Waals surface area contributed by atoms with Crippen molar-refractivity contribution in [2.75, 3.05) is 13.3 Å². The third-order valence-electron chi connectivity index (χ3n) is 2.75. The lowest BCUT2D eigenvalue weighted by atomic mass is 10.0. The average molecular weight is 309 g/mol. The third-order valence-corrected chi connectivity index (χ3v) is 4.38. The van der Waals surface area contributed by atoms with Crippen molar-refractivity contribution in [3.8, 4) is 0 Å². The molecule has 2 aromatic rings. The lowest BCUT2D eigenvalue weighted by molar-refractivity contribution is 1.14. The van der Waals surface area contributed by atoms with Crippen LogP contribution in [-0.2, 0) is 0 Å². The predicted molar refractivity (Wildman–Crippen MR) is 83.8 cm³/mol. The van der Waals surface area contributed by atoms with Gasteiger partial charge in [-0.1, -0.05) is 60.7 Å². The molecule has 0 aliphatic rings. The Morgan fingerprint density at radius 3 is 1.35 bits per heavy atom. The minimum Gasteiger partial charge on any atom is -0.114 e. The SMILES string of the molecule is Br.CP(C)C(c1ccccc1)c1ccccc1. The topological polar surface area (TPSA) is 0 Å². The van der Waals surface area contributed by atoms with Crippen LogP contribution >= 0.6 is 24.9 Å². The fraction of sp³-hybridized carbons (Fsp3) is 0.200. The van der Waals surface area contributed by atoms with Crippen LogP contribution in [0.15, 0.2) is 60.7 Å². The molecule has 0 N–H and O–H groups in total. The second kappa shape index (κ2) is 6.93. The lowest BCUT2D eigenvalue weighted by Crippen LogP contribution is -1.97. The molecule has 0 atom stereocenters. The van der Waals surface area contributed by atoms with E-state index < -0.39 is 0 Å². The average Bonchev–Trinajstić information content (AvgIpc) is 2.31. The zero-order valence-corrected chi connectivity index (χ0v) is 12.8. The summed E-state index contributed by atoms with van der Waals surface area (Å²) in [7, 11) is -0.0165. The highest BCUT2D eigenvalue weighted by atomic mass is 79.9. The number of halogens is 1. The van der Waals surface area contributed by atoms with Gasteiger partial charge in [0.25, 0.3) is 0 Å². The zero-order valence-electron chi connectivity index (χ0n) is 10.2. The van der Waals surface area contributed by atoms with Gasteiger partial charge >= 0.3 is 0 Å². The van der Waals surface area contributed by atoms with Gasteiger partial charge in [0.15, 0.2) is 0 Å². The van der Waals surface area contributed by atoms with Crippen LogP contribution < -0.4 is 0 Å². The molecule has 2 aromatic carbocycles.